The number of carbonyl (C=O) groups is 1. The van der Waals surface area contributed by atoms with E-state index in [0.717, 1.165) is 10.5 Å². The summed E-state index contributed by atoms with van der Waals surface area (Å²) in [5.41, 5.74) is 12.9. The van der Waals surface area contributed by atoms with Crippen molar-refractivity contribution in [2.45, 2.75) is 17.9 Å². The number of aliphatic carboxylic acids is 1. The van der Waals surface area contributed by atoms with E-state index in [4.69, 9.17) is 16.6 Å². The molecule has 0 fully saturated rings. The van der Waals surface area contributed by atoms with Crippen LogP contribution in [-0.2, 0) is 4.79 Å². The monoisotopic (exact) mass is 226 g/mol. The fourth-order valence-electron chi connectivity index (χ4n) is 1.02. The van der Waals surface area contributed by atoms with Gasteiger partial charge in [0.1, 0.15) is 6.04 Å². The van der Waals surface area contributed by atoms with Crippen LogP contribution in [0, 0.1) is 6.92 Å². The molecule has 4 nitrogen and oxygen atoms in total. The maximum atomic E-state index is 10.5. The fraction of sp³-hybridized carbons (Fsp3) is 0.300. The third-order valence-electron chi connectivity index (χ3n) is 1.90. The van der Waals surface area contributed by atoms with Gasteiger partial charge in [0.25, 0.3) is 0 Å². The topological polar surface area (TPSA) is 89.3 Å². The van der Waals surface area contributed by atoms with Crippen LogP contribution in [0.2, 0.25) is 0 Å². The first-order valence-corrected chi connectivity index (χ1v) is 5.46. The standard InChI is InChI=1S/C10H14N2O2S/c1-6-2-3-7(11)9(4-6)15-5-8(12)10(13)14/h2-4,8H,5,11-12H2,1H3,(H,13,14). The average molecular weight is 226 g/mol. The van der Waals surface area contributed by atoms with Crippen molar-refractivity contribution in [3.63, 3.8) is 0 Å². The number of carboxylic acid groups (broad SMARTS) is 1. The van der Waals surface area contributed by atoms with E-state index in [1.807, 2.05) is 25.1 Å². The number of nitrogens with two attached hydrogens (primary N) is 2. The summed E-state index contributed by atoms with van der Waals surface area (Å²) in [5, 5.41) is 8.61. The first-order valence-electron chi connectivity index (χ1n) is 4.48. The Kier molecular flexibility index (Phi) is 3.99. The number of hydrogen-bond acceptors (Lipinski definition) is 4. The highest BCUT2D eigenvalue weighted by Gasteiger charge is 2.12. The van der Waals surface area contributed by atoms with Crippen LogP contribution in [0.15, 0.2) is 23.1 Å². The molecule has 0 radical (unpaired) electrons. The van der Waals surface area contributed by atoms with Crippen LogP contribution in [-0.4, -0.2) is 22.9 Å². The van der Waals surface area contributed by atoms with Gasteiger partial charge in [0.05, 0.1) is 0 Å². The van der Waals surface area contributed by atoms with Crippen molar-refractivity contribution in [3.8, 4) is 0 Å². The van der Waals surface area contributed by atoms with Crippen molar-refractivity contribution < 1.29 is 9.90 Å². The van der Waals surface area contributed by atoms with E-state index in [1.165, 1.54) is 11.8 Å². The van der Waals surface area contributed by atoms with Crippen LogP contribution >= 0.6 is 11.8 Å². The second kappa shape index (κ2) is 5.04. The van der Waals surface area contributed by atoms with Crippen molar-refractivity contribution in [1.82, 2.24) is 0 Å². The Morgan fingerprint density at radius 3 is 2.87 bits per heavy atom. The molecule has 0 heterocycles. The van der Waals surface area contributed by atoms with Gasteiger partial charge in [0, 0.05) is 16.3 Å². The SMILES string of the molecule is Cc1ccc(N)c(SCC(N)C(=O)O)c1. The Labute approximate surface area is 92.6 Å². The predicted molar refractivity (Wildman–Crippen MR) is 61.9 cm³/mol. The van der Waals surface area contributed by atoms with Crippen LogP contribution in [0.3, 0.4) is 0 Å². The van der Waals surface area contributed by atoms with E-state index in [0.29, 0.717) is 11.4 Å². The molecule has 82 valence electrons. The van der Waals surface area contributed by atoms with E-state index in [1.54, 1.807) is 0 Å². The van der Waals surface area contributed by atoms with Crippen molar-refractivity contribution in [2.24, 2.45) is 5.73 Å². The fourth-order valence-corrected chi connectivity index (χ4v) is 2.02. The van der Waals surface area contributed by atoms with Gasteiger partial charge in [0.2, 0.25) is 0 Å². The normalized spacial score (nSPS) is 12.4. The molecule has 0 aliphatic heterocycles. The molecule has 0 spiro atoms. The van der Waals surface area contributed by atoms with Gasteiger partial charge >= 0.3 is 5.97 Å². The minimum absolute atomic E-state index is 0.322. The van der Waals surface area contributed by atoms with Crippen molar-refractivity contribution in [2.75, 3.05) is 11.5 Å². The van der Waals surface area contributed by atoms with Gasteiger partial charge in [-0.1, -0.05) is 6.07 Å². The van der Waals surface area contributed by atoms with E-state index in [9.17, 15) is 4.79 Å². The highest BCUT2D eigenvalue weighted by molar-refractivity contribution is 7.99. The largest absolute Gasteiger partial charge is 0.480 e. The first-order chi connectivity index (χ1) is 7.00. The van der Waals surface area contributed by atoms with E-state index in [2.05, 4.69) is 0 Å². The summed E-state index contributed by atoms with van der Waals surface area (Å²) in [5.74, 6) is -0.670. The number of aryl methyl sites for hydroxylation is 1. The molecule has 0 aromatic heterocycles. The maximum Gasteiger partial charge on any atom is 0.321 e. The van der Waals surface area contributed by atoms with Gasteiger partial charge in [-0.3, -0.25) is 4.79 Å². The molecule has 0 saturated heterocycles. The molecule has 1 unspecified atom stereocenters. The van der Waals surface area contributed by atoms with Crippen LogP contribution in [0.25, 0.3) is 0 Å². The summed E-state index contributed by atoms with van der Waals surface area (Å²) >= 11 is 1.37. The Bertz CT molecular complexity index is 368. The molecule has 15 heavy (non-hydrogen) atoms. The minimum Gasteiger partial charge on any atom is -0.480 e. The Morgan fingerprint density at radius 1 is 1.60 bits per heavy atom. The third kappa shape index (κ3) is 3.45. The summed E-state index contributed by atoms with van der Waals surface area (Å²) in [4.78, 5) is 11.4. The molecule has 5 heteroatoms. The molecule has 1 aromatic rings. The molecular weight excluding hydrogens is 212 g/mol. The number of thioether (sulfide) groups is 1. The maximum absolute atomic E-state index is 10.5. The molecule has 0 bridgehead atoms. The van der Waals surface area contributed by atoms with Crippen LogP contribution in [0.1, 0.15) is 5.56 Å². The predicted octanol–water partition coefficient (Wildman–Crippen LogP) is 1.08. The molecular formula is C10H14N2O2S. The summed E-state index contributed by atoms with van der Waals surface area (Å²) in [6, 6.07) is 4.80. The van der Waals surface area contributed by atoms with E-state index in [-0.39, 0.29) is 0 Å². The molecule has 0 amide bonds. The van der Waals surface area contributed by atoms with Crippen molar-refractivity contribution in [3.05, 3.63) is 23.8 Å². The van der Waals surface area contributed by atoms with E-state index >= 15 is 0 Å². The van der Waals surface area contributed by atoms with Crippen molar-refractivity contribution >= 4 is 23.4 Å². The zero-order chi connectivity index (χ0) is 11.4. The van der Waals surface area contributed by atoms with Gasteiger partial charge in [0.15, 0.2) is 0 Å². The molecule has 1 atom stereocenters. The number of anilines is 1. The number of carboxylic acids is 1. The molecule has 0 aliphatic rings. The smallest absolute Gasteiger partial charge is 0.321 e. The lowest BCUT2D eigenvalue weighted by atomic mass is 10.2. The Morgan fingerprint density at radius 2 is 2.27 bits per heavy atom. The number of rotatable bonds is 4. The van der Waals surface area contributed by atoms with Crippen LogP contribution in [0.4, 0.5) is 5.69 Å². The Hall–Kier alpha value is -1.20. The van der Waals surface area contributed by atoms with Gasteiger partial charge in [-0.25, -0.2) is 0 Å². The lowest BCUT2D eigenvalue weighted by Crippen LogP contribution is -2.32. The van der Waals surface area contributed by atoms with Crippen LogP contribution in [0.5, 0.6) is 0 Å². The zero-order valence-corrected chi connectivity index (χ0v) is 9.25. The number of hydrogen-bond donors (Lipinski definition) is 3. The van der Waals surface area contributed by atoms with Gasteiger partial charge in [-0.15, -0.1) is 11.8 Å². The Balaban J connectivity index is 2.65. The van der Waals surface area contributed by atoms with E-state index < -0.39 is 12.0 Å². The summed E-state index contributed by atoms with van der Waals surface area (Å²) in [6.07, 6.45) is 0. The summed E-state index contributed by atoms with van der Waals surface area (Å²) in [7, 11) is 0. The second-order valence-electron chi connectivity index (χ2n) is 3.30. The highest BCUT2D eigenvalue weighted by Crippen LogP contribution is 2.26. The molecule has 1 aromatic carbocycles. The average Bonchev–Trinajstić information content (AvgIpc) is 2.18. The minimum atomic E-state index is -0.992. The number of benzene rings is 1. The third-order valence-corrected chi connectivity index (χ3v) is 3.09. The van der Waals surface area contributed by atoms with Gasteiger partial charge < -0.3 is 16.6 Å². The lowest BCUT2D eigenvalue weighted by Gasteiger charge is -2.08. The summed E-state index contributed by atoms with van der Waals surface area (Å²) in [6.45, 7) is 1.96. The molecule has 5 N–H and O–H groups in total. The highest BCUT2D eigenvalue weighted by atomic mass is 32.2. The molecule has 0 saturated carbocycles. The second-order valence-corrected chi connectivity index (χ2v) is 4.36. The lowest BCUT2D eigenvalue weighted by molar-refractivity contribution is -0.137. The van der Waals surface area contributed by atoms with Crippen LogP contribution < -0.4 is 11.5 Å². The molecule has 0 aliphatic carbocycles. The van der Waals surface area contributed by atoms with Gasteiger partial charge in [-0.05, 0) is 24.6 Å². The van der Waals surface area contributed by atoms with Gasteiger partial charge in [-0.2, -0.15) is 0 Å². The zero-order valence-electron chi connectivity index (χ0n) is 8.43. The summed E-state index contributed by atoms with van der Waals surface area (Å²) < 4.78 is 0. The number of nitrogen functional groups attached to an aromatic ring is 1. The first kappa shape index (κ1) is 11.9. The quantitative estimate of drug-likeness (QED) is 0.528. The molecule has 1 rings (SSSR count). The van der Waals surface area contributed by atoms with Crippen molar-refractivity contribution in [1.29, 1.82) is 0 Å².